The molecule has 0 saturated carbocycles. The fourth-order valence-corrected chi connectivity index (χ4v) is 3.18. The fourth-order valence-electron chi connectivity index (χ4n) is 3.18. The van der Waals surface area contributed by atoms with Crippen molar-refractivity contribution >= 4 is 11.7 Å². The molecule has 1 fully saturated rings. The van der Waals surface area contributed by atoms with Crippen LogP contribution < -0.4 is 10.2 Å². The molecule has 24 heavy (non-hydrogen) atoms. The number of benzene rings is 1. The molecule has 0 aliphatic carbocycles. The van der Waals surface area contributed by atoms with Crippen molar-refractivity contribution in [1.29, 1.82) is 0 Å². The van der Waals surface area contributed by atoms with Crippen molar-refractivity contribution < 1.29 is 4.79 Å². The Morgan fingerprint density at radius 2 is 1.92 bits per heavy atom. The predicted molar refractivity (Wildman–Crippen MR) is 97.4 cm³/mol. The van der Waals surface area contributed by atoms with Crippen LogP contribution in [-0.2, 0) is 6.54 Å². The summed E-state index contributed by atoms with van der Waals surface area (Å²) in [5.41, 5.74) is 3.93. The number of amides is 1. The number of hydrogen-bond donors (Lipinski definition) is 1. The van der Waals surface area contributed by atoms with Gasteiger partial charge in [0.1, 0.15) is 5.82 Å². The topological polar surface area (TPSA) is 45.2 Å². The zero-order chi connectivity index (χ0) is 16.9. The number of nitrogens with zero attached hydrogens (tertiary/aromatic N) is 2. The molecule has 1 aliphatic rings. The van der Waals surface area contributed by atoms with Crippen LogP contribution in [-0.4, -0.2) is 24.0 Å². The van der Waals surface area contributed by atoms with E-state index in [0.29, 0.717) is 6.54 Å². The van der Waals surface area contributed by atoms with Gasteiger partial charge in [0.2, 0.25) is 0 Å². The standard InChI is InChI=1S/C20H25N3O/c1-15-6-8-18(16(2)12-15)20(24)22-14-17-7-9-19(21-13-17)23-10-4-3-5-11-23/h6-9,12-13H,3-5,10-11,14H2,1-2H3,(H,22,24). The first-order valence-electron chi connectivity index (χ1n) is 8.69. The first-order valence-corrected chi connectivity index (χ1v) is 8.69. The SMILES string of the molecule is Cc1ccc(C(=O)NCc2ccc(N3CCCCC3)nc2)c(C)c1. The quantitative estimate of drug-likeness (QED) is 0.935. The maximum Gasteiger partial charge on any atom is 0.251 e. The van der Waals surface area contributed by atoms with E-state index in [1.165, 1.54) is 24.8 Å². The van der Waals surface area contributed by atoms with Gasteiger partial charge in [-0.25, -0.2) is 4.98 Å². The van der Waals surface area contributed by atoms with Gasteiger partial charge >= 0.3 is 0 Å². The minimum atomic E-state index is -0.0346. The molecule has 1 amide bonds. The molecule has 0 bridgehead atoms. The highest BCUT2D eigenvalue weighted by Crippen LogP contribution is 2.17. The molecule has 4 heteroatoms. The number of rotatable bonds is 4. The third kappa shape index (κ3) is 3.94. The van der Waals surface area contributed by atoms with Crippen LogP contribution in [0.3, 0.4) is 0 Å². The van der Waals surface area contributed by atoms with E-state index in [1.807, 2.05) is 38.2 Å². The van der Waals surface area contributed by atoms with Gasteiger partial charge in [0.15, 0.2) is 0 Å². The van der Waals surface area contributed by atoms with Crippen LogP contribution >= 0.6 is 0 Å². The van der Waals surface area contributed by atoms with Gasteiger partial charge in [-0.1, -0.05) is 23.8 Å². The fraction of sp³-hybridized carbons (Fsp3) is 0.400. The second-order valence-electron chi connectivity index (χ2n) is 6.57. The molecule has 1 saturated heterocycles. The zero-order valence-electron chi connectivity index (χ0n) is 14.5. The summed E-state index contributed by atoms with van der Waals surface area (Å²) in [4.78, 5) is 19.2. The molecule has 1 N–H and O–H groups in total. The third-order valence-corrected chi connectivity index (χ3v) is 4.57. The van der Waals surface area contributed by atoms with Gasteiger partial charge in [-0.15, -0.1) is 0 Å². The second kappa shape index (κ2) is 7.47. The summed E-state index contributed by atoms with van der Waals surface area (Å²) in [7, 11) is 0. The number of nitrogens with one attached hydrogen (secondary N) is 1. The molecular weight excluding hydrogens is 298 g/mol. The van der Waals surface area contributed by atoms with Gasteiger partial charge < -0.3 is 10.2 Å². The Balaban J connectivity index is 1.59. The molecular formula is C20H25N3O. The van der Waals surface area contributed by atoms with E-state index in [2.05, 4.69) is 27.3 Å². The second-order valence-corrected chi connectivity index (χ2v) is 6.57. The lowest BCUT2D eigenvalue weighted by molar-refractivity contribution is 0.0950. The zero-order valence-corrected chi connectivity index (χ0v) is 14.5. The van der Waals surface area contributed by atoms with Gasteiger partial charge in [-0.2, -0.15) is 0 Å². The summed E-state index contributed by atoms with van der Waals surface area (Å²) in [6.45, 7) is 6.69. The summed E-state index contributed by atoms with van der Waals surface area (Å²) in [5.74, 6) is 1.01. The van der Waals surface area contributed by atoms with E-state index in [-0.39, 0.29) is 5.91 Å². The summed E-state index contributed by atoms with van der Waals surface area (Å²) in [5, 5.41) is 2.98. The van der Waals surface area contributed by atoms with Gasteiger partial charge in [-0.3, -0.25) is 4.79 Å². The number of aryl methyl sites for hydroxylation is 2. The Hall–Kier alpha value is -2.36. The van der Waals surface area contributed by atoms with Crippen molar-refractivity contribution in [2.45, 2.75) is 39.7 Å². The maximum absolute atomic E-state index is 12.3. The molecule has 2 heterocycles. The van der Waals surface area contributed by atoms with Crippen molar-refractivity contribution in [1.82, 2.24) is 10.3 Å². The summed E-state index contributed by atoms with van der Waals surface area (Å²) < 4.78 is 0. The highest BCUT2D eigenvalue weighted by Gasteiger charge is 2.12. The van der Waals surface area contributed by atoms with Gasteiger partial charge in [-0.05, 0) is 56.4 Å². The molecule has 1 aromatic carbocycles. The lowest BCUT2D eigenvalue weighted by Crippen LogP contribution is -2.30. The number of pyridine rings is 1. The third-order valence-electron chi connectivity index (χ3n) is 4.57. The average Bonchev–Trinajstić information content (AvgIpc) is 2.61. The Kier molecular flexibility index (Phi) is 5.14. The van der Waals surface area contributed by atoms with Crippen molar-refractivity contribution in [3.05, 3.63) is 58.8 Å². The average molecular weight is 323 g/mol. The van der Waals surface area contributed by atoms with E-state index in [9.17, 15) is 4.79 Å². The molecule has 4 nitrogen and oxygen atoms in total. The summed E-state index contributed by atoms with van der Waals surface area (Å²) in [6.07, 6.45) is 5.68. The first-order chi connectivity index (χ1) is 11.6. The molecule has 1 aromatic heterocycles. The van der Waals surface area contributed by atoms with E-state index in [4.69, 9.17) is 0 Å². The predicted octanol–water partition coefficient (Wildman–Crippen LogP) is 3.62. The van der Waals surface area contributed by atoms with Crippen molar-refractivity contribution in [3.8, 4) is 0 Å². The number of piperidine rings is 1. The molecule has 0 radical (unpaired) electrons. The van der Waals surface area contributed by atoms with E-state index >= 15 is 0 Å². The molecule has 0 unspecified atom stereocenters. The molecule has 126 valence electrons. The molecule has 1 aliphatic heterocycles. The lowest BCUT2D eigenvalue weighted by atomic mass is 10.1. The van der Waals surface area contributed by atoms with Crippen LogP contribution in [0.15, 0.2) is 36.5 Å². The lowest BCUT2D eigenvalue weighted by Gasteiger charge is -2.27. The van der Waals surface area contributed by atoms with Gasteiger partial charge in [0.25, 0.3) is 5.91 Å². The van der Waals surface area contributed by atoms with Crippen molar-refractivity contribution in [2.75, 3.05) is 18.0 Å². The molecule has 2 aromatic rings. The number of anilines is 1. The van der Waals surface area contributed by atoms with Crippen LogP contribution in [0.25, 0.3) is 0 Å². The largest absolute Gasteiger partial charge is 0.357 e. The van der Waals surface area contributed by atoms with Crippen LogP contribution in [0.2, 0.25) is 0 Å². The molecule has 0 atom stereocenters. The van der Waals surface area contributed by atoms with Crippen molar-refractivity contribution in [2.24, 2.45) is 0 Å². The Morgan fingerprint density at radius 3 is 2.58 bits per heavy atom. The Morgan fingerprint density at radius 1 is 1.12 bits per heavy atom. The van der Waals surface area contributed by atoms with E-state index in [0.717, 1.165) is 35.6 Å². The van der Waals surface area contributed by atoms with E-state index in [1.54, 1.807) is 0 Å². The summed E-state index contributed by atoms with van der Waals surface area (Å²) in [6, 6.07) is 10.0. The number of carbonyl (C=O) groups is 1. The maximum atomic E-state index is 12.3. The van der Waals surface area contributed by atoms with Crippen LogP contribution in [0.1, 0.15) is 46.3 Å². The highest BCUT2D eigenvalue weighted by molar-refractivity contribution is 5.95. The normalized spacial score (nSPS) is 14.5. The highest BCUT2D eigenvalue weighted by atomic mass is 16.1. The van der Waals surface area contributed by atoms with E-state index < -0.39 is 0 Å². The minimum Gasteiger partial charge on any atom is -0.357 e. The van der Waals surface area contributed by atoms with Crippen LogP contribution in [0.4, 0.5) is 5.82 Å². The van der Waals surface area contributed by atoms with Crippen molar-refractivity contribution in [3.63, 3.8) is 0 Å². The minimum absolute atomic E-state index is 0.0346. The number of aromatic nitrogens is 1. The Labute approximate surface area is 143 Å². The number of hydrogen-bond acceptors (Lipinski definition) is 3. The van der Waals surface area contributed by atoms with Crippen LogP contribution in [0.5, 0.6) is 0 Å². The molecule has 0 spiro atoms. The Bertz CT molecular complexity index is 703. The van der Waals surface area contributed by atoms with Gasteiger partial charge in [0, 0.05) is 31.4 Å². The summed E-state index contributed by atoms with van der Waals surface area (Å²) >= 11 is 0. The molecule has 3 rings (SSSR count). The van der Waals surface area contributed by atoms with Crippen LogP contribution in [0, 0.1) is 13.8 Å². The number of carbonyl (C=O) groups excluding carboxylic acids is 1. The van der Waals surface area contributed by atoms with Gasteiger partial charge in [0.05, 0.1) is 0 Å². The first kappa shape index (κ1) is 16.5. The monoisotopic (exact) mass is 323 g/mol. The smallest absolute Gasteiger partial charge is 0.251 e.